The second-order valence-corrected chi connectivity index (χ2v) is 6.81. The molecule has 0 amide bonds. The first-order valence-corrected chi connectivity index (χ1v) is 9.09. The molecule has 1 heterocycles. The van der Waals surface area contributed by atoms with E-state index in [1.54, 1.807) is 43.3 Å². The van der Waals surface area contributed by atoms with Gasteiger partial charge in [-0.2, -0.15) is 0 Å². The van der Waals surface area contributed by atoms with Gasteiger partial charge in [-0.05, 0) is 62.1 Å². The number of aromatic hydroxyl groups is 1. The average molecular weight is 402 g/mol. The topological polar surface area (TPSA) is 97.5 Å². The van der Waals surface area contributed by atoms with Gasteiger partial charge in [0.15, 0.2) is 11.5 Å². The number of methoxy groups -OCH3 is 1. The molecule has 3 aromatic rings. The number of hydrogen-bond acceptors (Lipinski definition) is 5. The molecule has 2 aromatic carbocycles. The molecule has 0 spiro atoms. The Hall–Kier alpha value is -3.06. The number of aromatic nitrogens is 3. The second-order valence-electron chi connectivity index (χ2n) is 6.37. The maximum atomic E-state index is 10.8. The number of hydrogen-bond donors (Lipinski definition) is 2. The standard InChI is InChI=1S/C20H20ClN3O4/c1-12(20(26)27)5-3-4-6-13-9-17(19(25)18(10-13)28-2)24-22-15-8-7-14(21)11-16(15)23-24/h5,7-11,25H,3-4,6H2,1-2H3,(H,26,27)/b12-5+. The molecule has 1 aromatic heterocycles. The van der Waals surface area contributed by atoms with Crippen molar-refractivity contribution >= 4 is 28.6 Å². The highest BCUT2D eigenvalue weighted by Gasteiger charge is 2.15. The number of rotatable bonds is 7. The number of ether oxygens (including phenoxy) is 1. The van der Waals surface area contributed by atoms with E-state index in [4.69, 9.17) is 21.4 Å². The quantitative estimate of drug-likeness (QED) is 0.456. The fourth-order valence-corrected chi connectivity index (χ4v) is 2.97. The van der Waals surface area contributed by atoms with E-state index in [0.717, 1.165) is 12.0 Å². The molecule has 0 radical (unpaired) electrons. The number of benzene rings is 2. The van der Waals surface area contributed by atoms with Crippen molar-refractivity contribution < 1.29 is 19.7 Å². The lowest BCUT2D eigenvalue weighted by Gasteiger charge is -2.11. The lowest BCUT2D eigenvalue weighted by atomic mass is 10.1. The predicted octanol–water partition coefficient (Wildman–Crippen LogP) is 4.14. The third kappa shape index (κ3) is 4.26. The predicted molar refractivity (Wildman–Crippen MR) is 106 cm³/mol. The molecule has 7 nitrogen and oxygen atoms in total. The molecule has 0 aliphatic rings. The molecule has 0 atom stereocenters. The van der Waals surface area contributed by atoms with Crippen LogP contribution in [0.2, 0.25) is 5.02 Å². The maximum Gasteiger partial charge on any atom is 0.330 e. The number of aryl methyl sites for hydroxylation is 1. The van der Waals surface area contributed by atoms with E-state index in [-0.39, 0.29) is 5.75 Å². The largest absolute Gasteiger partial charge is 0.503 e. The van der Waals surface area contributed by atoms with Crippen LogP contribution in [0.3, 0.4) is 0 Å². The molecular formula is C20H20ClN3O4. The molecule has 0 fully saturated rings. The van der Waals surface area contributed by atoms with Gasteiger partial charge in [0, 0.05) is 10.6 Å². The van der Waals surface area contributed by atoms with Crippen molar-refractivity contribution in [3.05, 3.63) is 52.6 Å². The number of allylic oxidation sites excluding steroid dienone is 1. The number of phenols is 1. The average Bonchev–Trinajstić information content (AvgIpc) is 3.08. The molecule has 0 aliphatic heterocycles. The second kappa shape index (κ2) is 8.31. The minimum Gasteiger partial charge on any atom is -0.503 e. The third-order valence-corrected chi connectivity index (χ3v) is 4.58. The van der Waals surface area contributed by atoms with Crippen LogP contribution in [0.1, 0.15) is 25.3 Å². The number of fused-ring (bicyclic) bond motifs is 1. The minimum atomic E-state index is -0.912. The van der Waals surface area contributed by atoms with E-state index in [9.17, 15) is 9.90 Å². The van der Waals surface area contributed by atoms with Crippen LogP contribution >= 0.6 is 11.6 Å². The number of aliphatic carboxylic acids is 1. The van der Waals surface area contributed by atoms with E-state index >= 15 is 0 Å². The molecule has 0 unspecified atom stereocenters. The first kappa shape index (κ1) is 19.7. The summed E-state index contributed by atoms with van der Waals surface area (Å²) in [5, 5.41) is 28.8. The molecule has 0 bridgehead atoms. The molecule has 0 saturated carbocycles. The maximum absolute atomic E-state index is 10.8. The van der Waals surface area contributed by atoms with Crippen molar-refractivity contribution in [1.82, 2.24) is 15.0 Å². The Kier molecular flexibility index (Phi) is 5.84. The van der Waals surface area contributed by atoms with E-state index in [1.807, 2.05) is 0 Å². The van der Waals surface area contributed by atoms with Crippen LogP contribution in [0.25, 0.3) is 16.7 Å². The summed E-state index contributed by atoms with van der Waals surface area (Å²) >= 11 is 6.00. The number of halogens is 1. The Balaban J connectivity index is 1.89. The van der Waals surface area contributed by atoms with Gasteiger partial charge in [0.25, 0.3) is 0 Å². The lowest BCUT2D eigenvalue weighted by molar-refractivity contribution is -0.132. The van der Waals surface area contributed by atoms with Gasteiger partial charge in [0.1, 0.15) is 16.7 Å². The van der Waals surface area contributed by atoms with Gasteiger partial charge in [0.2, 0.25) is 0 Å². The zero-order valence-corrected chi connectivity index (χ0v) is 16.3. The molecule has 28 heavy (non-hydrogen) atoms. The summed E-state index contributed by atoms with van der Waals surface area (Å²) in [6.07, 6.45) is 3.77. The van der Waals surface area contributed by atoms with E-state index < -0.39 is 5.97 Å². The van der Waals surface area contributed by atoms with Gasteiger partial charge in [-0.25, -0.2) is 4.79 Å². The van der Waals surface area contributed by atoms with Crippen LogP contribution in [0.15, 0.2) is 42.0 Å². The molecule has 2 N–H and O–H groups in total. The van der Waals surface area contributed by atoms with Gasteiger partial charge in [0.05, 0.1) is 7.11 Å². The number of phenolic OH excluding ortho intramolecular Hbond substituents is 1. The SMILES string of the molecule is COc1cc(CCC/C=C(\C)C(=O)O)cc(-n2nc3ccc(Cl)cc3n2)c1O. The van der Waals surface area contributed by atoms with Gasteiger partial charge in [-0.1, -0.05) is 17.7 Å². The number of carboxylic acids is 1. The normalized spacial score (nSPS) is 11.8. The summed E-state index contributed by atoms with van der Waals surface area (Å²) in [7, 11) is 1.48. The molecule has 0 saturated heterocycles. The van der Waals surface area contributed by atoms with Crippen molar-refractivity contribution in [2.45, 2.75) is 26.2 Å². The summed E-state index contributed by atoms with van der Waals surface area (Å²) in [4.78, 5) is 12.2. The number of carboxylic acid groups (broad SMARTS) is 1. The van der Waals surface area contributed by atoms with Gasteiger partial charge >= 0.3 is 5.97 Å². The zero-order valence-electron chi connectivity index (χ0n) is 15.5. The van der Waals surface area contributed by atoms with Crippen molar-refractivity contribution in [2.75, 3.05) is 7.11 Å². The number of carbonyl (C=O) groups is 1. The Morgan fingerprint density at radius 2 is 2.00 bits per heavy atom. The summed E-state index contributed by atoms with van der Waals surface area (Å²) in [5.74, 6) is -0.645. The third-order valence-electron chi connectivity index (χ3n) is 4.35. The van der Waals surface area contributed by atoms with Crippen LogP contribution in [-0.2, 0) is 11.2 Å². The lowest BCUT2D eigenvalue weighted by Crippen LogP contribution is -2.02. The van der Waals surface area contributed by atoms with Gasteiger partial charge in [-0.3, -0.25) is 0 Å². The highest BCUT2D eigenvalue weighted by Crippen LogP contribution is 2.34. The highest BCUT2D eigenvalue weighted by molar-refractivity contribution is 6.31. The molecule has 0 aliphatic carbocycles. The summed E-state index contributed by atoms with van der Waals surface area (Å²) in [5.41, 5.74) is 2.92. The van der Waals surface area contributed by atoms with Crippen molar-refractivity contribution in [2.24, 2.45) is 0 Å². The van der Waals surface area contributed by atoms with E-state index in [0.29, 0.717) is 45.9 Å². The van der Waals surface area contributed by atoms with Crippen molar-refractivity contribution in [3.63, 3.8) is 0 Å². The van der Waals surface area contributed by atoms with Crippen LogP contribution in [0.5, 0.6) is 11.5 Å². The smallest absolute Gasteiger partial charge is 0.330 e. The van der Waals surface area contributed by atoms with E-state index in [1.165, 1.54) is 11.9 Å². The Morgan fingerprint density at radius 1 is 1.25 bits per heavy atom. The molecule has 3 rings (SSSR count). The van der Waals surface area contributed by atoms with E-state index in [2.05, 4.69) is 10.2 Å². The fraction of sp³-hybridized carbons (Fsp3) is 0.250. The molecule has 146 valence electrons. The Bertz CT molecular complexity index is 1060. The van der Waals surface area contributed by atoms with Crippen LogP contribution < -0.4 is 4.74 Å². The first-order chi connectivity index (χ1) is 13.4. The van der Waals surface area contributed by atoms with Crippen molar-refractivity contribution in [1.29, 1.82) is 0 Å². The van der Waals surface area contributed by atoms with Crippen LogP contribution in [0.4, 0.5) is 0 Å². The minimum absolute atomic E-state index is 0.0562. The van der Waals surface area contributed by atoms with Gasteiger partial charge < -0.3 is 14.9 Å². The Morgan fingerprint density at radius 3 is 2.71 bits per heavy atom. The fourth-order valence-electron chi connectivity index (χ4n) is 2.81. The molecular weight excluding hydrogens is 382 g/mol. The monoisotopic (exact) mass is 401 g/mol. The zero-order chi connectivity index (χ0) is 20.3. The summed E-state index contributed by atoms with van der Waals surface area (Å²) in [6.45, 7) is 1.57. The van der Waals surface area contributed by atoms with Gasteiger partial charge in [-0.15, -0.1) is 15.0 Å². The number of nitrogens with zero attached hydrogens (tertiary/aromatic N) is 3. The van der Waals surface area contributed by atoms with Crippen LogP contribution in [0, 0.1) is 0 Å². The van der Waals surface area contributed by atoms with Crippen LogP contribution in [-0.4, -0.2) is 38.3 Å². The summed E-state index contributed by atoms with van der Waals surface area (Å²) < 4.78 is 5.29. The summed E-state index contributed by atoms with van der Waals surface area (Å²) in [6, 6.07) is 8.75. The molecule has 8 heteroatoms. The first-order valence-electron chi connectivity index (χ1n) is 8.72. The Labute approximate surface area is 166 Å². The number of unbranched alkanes of at least 4 members (excludes halogenated alkanes) is 1. The van der Waals surface area contributed by atoms with Crippen molar-refractivity contribution in [3.8, 4) is 17.2 Å². The highest BCUT2D eigenvalue weighted by atomic mass is 35.5.